The number of halogens is 1. The maximum atomic E-state index is 12.8. The lowest BCUT2D eigenvalue weighted by atomic mass is 9.81. The Bertz CT molecular complexity index is 462. The maximum Gasteiger partial charge on any atom is 0.230 e. The molecular weight excluding hydrogens is 312 g/mol. The normalized spacial score (nSPS) is 16.0. The molecule has 5 nitrogen and oxygen atoms in total. The van der Waals surface area contributed by atoms with E-state index < -0.39 is 0 Å². The van der Waals surface area contributed by atoms with Gasteiger partial charge in [-0.15, -0.1) is 12.4 Å². The van der Waals surface area contributed by atoms with Crippen LogP contribution in [0, 0.1) is 5.41 Å². The predicted molar refractivity (Wildman–Crippen MR) is 95.4 cm³/mol. The highest BCUT2D eigenvalue weighted by molar-refractivity contribution is 5.85. The van der Waals surface area contributed by atoms with Crippen LogP contribution in [0.2, 0.25) is 0 Å². The Morgan fingerprint density at radius 1 is 1.26 bits per heavy atom. The van der Waals surface area contributed by atoms with Crippen molar-refractivity contribution in [1.82, 2.24) is 14.8 Å². The van der Waals surface area contributed by atoms with E-state index in [1.54, 1.807) is 6.20 Å². The van der Waals surface area contributed by atoms with Gasteiger partial charge in [0, 0.05) is 51.7 Å². The minimum absolute atomic E-state index is 0. The second-order valence-electron chi connectivity index (χ2n) is 6.12. The van der Waals surface area contributed by atoms with E-state index in [2.05, 4.69) is 29.8 Å². The highest BCUT2D eigenvalue weighted by Crippen LogP contribution is 2.28. The van der Waals surface area contributed by atoms with E-state index in [1.807, 2.05) is 17.2 Å². The molecule has 0 atom stereocenters. The van der Waals surface area contributed by atoms with Crippen molar-refractivity contribution in [3.63, 3.8) is 0 Å². The number of hydrogen-bond acceptors (Lipinski definition) is 4. The first-order valence-electron chi connectivity index (χ1n) is 8.26. The number of aromatic nitrogens is 1. The molecule has 0 unspecified atom stereocenters. The van der Waals surface area contributed by atoms with Gasteiger partial charge in [0.05, 0.1) is 5.41 Å². The van der Waals surface area contributed by atoms with Crippen LogP contribution in [0.25, 0.3) is 0 Å². The van der Waals surface area contributed by atoms with Crippen molar-refractivity contribution in [3.8, 4) is 0 Å². The first kappa shape index (κ1) is 19.9. The van der Waals surface area contributed by atoms with E-state index >= 15 is 0 Å². The predicted octanol–water partition coefficient (Wildman–Crippen LogP) is 1.91. The number of hydrogen-bond donors (Lipinski definition) is 1. The fourth-order valence-corrected chi connectivity index (χ4v) is 3.12. The molecule has 23 heavy (non-hydrogen) atoms. The van der Waals surface area contributed by atoms with E-state index in [0.29, 0.717) is 6.54 Å². The van der Waals surface area contributed by atoms with Crippen molar-refractivity contribution in [3.05, 3.63) is 30.1 Å². The molecule has 2 heterocycles. The first-order chi connectivity index (χ1) is 10.6. The summed E-state index contributed by atoms with van der Waals surface area (Å²) in [5.74, 6) is 0.237. The lowest BCUT2D eigenvalue weighted by Gasteiger charge is -2.40. The van der Waals surface area contributed by atoms with Crippen LogP contribution >= 0.6 is 12.4 Å². The van der Waals surface area contributed by atoms with Gasteiger partial charge in [-0.1, -0.05) is 19.9 Å². The molecule has 0 bridgehead atoms. The molecule has 1 aromatic rings. The zero-order chi connectivity index (χ0) is 16.0. The Labute approximate surface area is 145 Å². The topological polar surface area (TPSA) is 62.5 Å². The Morgan fingerprint density at radius 3 is 2.39 bits per heavy atom. The first-order valence-corrected chi connectivity index (χ1v) is 8.26. The van der Waals surface area contributed by atoms with Gasteiger partial charge in [-0.25, -0.2) is 0 Å². The van der Waals surface area contributed by atoms with Crippen molar-refractivity contribution >= 4 is 18.3 Å². The van der Waals surface area contributed by atoms with Crippen LogP contribution in [0.15, 0.2) is 24.5 Å². The molecule has 0 aliphatic carbocycles. The maximum absolute atomic E-state index is 12.8. The van der Waals surface area contributed by atoms with E-state index in [-0.39, 0.29) is 23.7 Å². The van der Waals surface area contributed by atoms with Crippen LogP contribution in [0.4, 0.5) is 0 Å². The number of piperazine rings is 1. The van der Waals surface area contributed by atoms with Gasteiger partial charge in [-0.2, -0.15) is 0 Å². The molecule has 0 radical (unpaired) electrons. The van der Waals surface area contributed by atoms with Crippen LogP contribution in [0.1, 0.15) is 32.3 Å². The monoisotopic (exact) mass is 340 g/mol. The van der Waals surface area contributed by atoms with E-state index in [4.69, 9.17) is 5.73 Å². The molecule has 1 aromatic heterocycles. The average molecular weight is 341 g/mol. The molecule has 1 fully saturated rings. The van der Waals surface area contributed by atoms with E-state index in [0.717, 1.165) is 45.6 Å². The summed E-state index contributed by atoms with van der Waals surface area (Å²) in [5, 5.41) is 0. The Morgan fingerprint density at radius 2 is 1.91 bits per heavy atom. The van der Waals surface area contributed by atoms with Crippen LogP contribution < -0.4 is 5.73 Å². The molecule has 0 aromatic carbocycles. The summed E-state index contributed by atoms with van der Waals surface area (Å²) in [4.78, 5) is 21.3. The lowest BCUT2D eigenvalue weighted by Crippen LogP contribution is -2.54. The molecule has 2 N–H and O–H groups in total. The molecule has 2 rings (SSSR count). The standard InChI is InChI=1S/C17H28N4O.ClH/c1-3-17(4-2,14-18)16(22)21-10-8-20(9-11-21)13-15-6-5-7-19-12-15;/h5-7,12H,3-4,8-11,13-14,18H2,1-2H3;1H. The highest BCUT2D eigenvalue weighted by atomic mass is 35.5. The van der Waals surface area contributed by atoms with Crippen molar-refractivity contribution in [2.45, 2.75) is 33.2 Å². The Hall–Kier alpha value is -1.17. The number of pyridine rings is 1. The minimum atomic E-state index is -0.370. The minimum Gasteiger partial charge on any atom is -0.340 e. The van der Waals surface area contributed by atoms with Crippen molar-refractivity contribution < 1.29 is 4.79 Å². The zero-order valence-electron chi connectivity index (χ0n) is 14.2. The third-order valence-electron chi connectivity index (χ3n) is 4.99. The van der Waals surface area contributed by atoms with Crippen LogP contribution in [0.3, 0.4) is 0 Å². The summed E-state index contributed by atoms with van der Waals surface area (Å²) in [6, 6.07) is 4.06. The van der Waals surface area contributed by atoms with Gasteiger partial charge in [0.1, 0.15) is 0 Å². The van der Waals surface area contributed by atoms with Gasteiger partial charge < -0.3 is 10.6 Å². The van der Waals surface area contributed by atoms with Crippen molar-refractivity contribution in [1.29, 1.82) is 0 Å². The third-order valence-corrected chi connectivity index (χ3v) is 4.99. The van der Waals surface area contributed by atoms with Crippen LogP contribution in [-0.2, 0) is 11.3 Å². The zero-order valence-corrected chi connectivity index (χ0v) is 15.0. The van der Waals surface area contributed by atoms with Gasteiger partial charge in [0.2, 0.25) is 5.91 Å². The molecule has 130 valence electrons. The molecule has 0 spiro atoms. The summed E-state index contributed by atoms with van der Waals surface area (Å²) in [6.07, 6.45) is 5.33. The molecular formula is C17H29ClN4O. The van der Waals surface area contributed by atoms with Crippen molar-refractivity contribution in [2.24, 2.45) is 11.1 Å². The smallest absolute Gasteiger partial charge is 0.230 e. The number of nitrogens with zero attached hydrogens (tertiary/aromatic N) is 3. The molecule has 1 amide bonds. The van der Waals surface area contributed by atoms with Gasteiger partial charge in [-0.3, -0.25) is 14.7 Å². The molecule has 1 aliphatic heterocycles. The summed E-state index contributed by atoms with van der Waals surface area (Å²) in [5.41, 5.74) is 6.75. The number of nitrogens with two attached hydrogens (primary N) is 1. The fraction of sp³-hybridized carbons (Fsp3) is 0.647. The van der Waals surface area contributed by atoms with E-state index in [9.17, 15) is 4.79 Å². The quantitative estimate of drug-likeness (QED) is 0.859. The number of carbonyl (C=O) groups excluding carboxylic acids is 1. The van der Waals surface area contributed by atoms with E-state index in [1.165, 1.54) is 5.56 Å². The molecule has 6 heteroatoms. The second-order valence-corrected chi connectivity index (χ2v) is 6.12. The highest BCUT2D eigenvalue weighted by Gasteiger charge is 2.37. The van der Waals surface area contributed by atoms with Gasteiger partial charge in [0.25, 0.3) is 0 Å². The molecule has 1 aliphatic rings. The van der Waals surface area contributed by atoms with Gasteiger partial charge in [0.15, 0.2) is 0 Å². The number of rotatable bonds is 6. The Balaban J connectivity index is 0.00000264. The number of amides is 1. The average Bonchev–Trinajstić information content (AvgIpc) is 2.58. The van der Waals surface area contributed by atoms with Crippen LogP contribution in [-0.4, -0.2) is 53.4 Å². The van der Waals surface area contributed by atoms with Crippen molar-refractivity contribution in [2.75, 3.05) is 32.7 Å². The van der Waals surface area contributed by atoms with Gasteiger partial charge in [-0.05, 0) is 24.5 Å². The van der Waals surface area contributed by atoms with Crippen LogP contribution in [0.5, 0.6) is 0 Å². The largest absolute Gasteiger partial charge is 0.340 e. The fourth-order valence-electron chi connectivity index (χ4n) is 3.12. The summed E-state index contributed by atoms with van der Waals surface area (Å²) < 4.78 is 0. The molecule has 0 saturated carbocycles. The number of carbonyl (C=O) groups is 1. The van der Waals surface area contributed by atoms with Gasteiger partial charge >= 0.3 is 0 Å². The summed E-state index contributed by atoms with van der Waals surface area (Å²) in [6.45, 7) is 8.87. The second kappa shape index (κ2) is 9.21. The molecule has 1 saturated heterocycles. The summed E-state index contributed by atoms with van der Waals surface area (Å²) >= 11 is 0. The summed E-state index contributed by atoms with van der Waals surface area (Å²) in [7, 11) is 0. The lowest BCUT2D eigenvalue weighted by molar-refractivity contribution is -0.144. The SMILES string of the molecule is CCC(CC)(CN)C(=O)N1CCN(Cc2cccnc2)CC1.Cl. The third kappa shape index (κ3) is 4.66. The Kier molecular flexibility index (Phi) is 7.95.